The average molecular weight is 241 g/mol. The van der Waals surface area contributed by atoms with Crippen molar-refractivity contribution in [2.24, 2.45) is 0 Å². The normalized spacial score (nSPS) is 12.6. The third-order valence-electron chi connectivity index (χ3n) is 2.39. The molecule has 1 atom stereocenters. The molecule has 0 radical (unpaired) electrons. The third-order valence-corrected chi connectivity index (χ3v) is 2.39. The molecule has 1 rings (SSSR count). The van der Waals surface area contributed by atoms with Crippen molar-refractivity contribution >= 4 is 11.9 Å². The van der Waals surface area contributed by atoms with Crippen molar-refractivity contribution in [3.63, 3.8) is 0 Å². The van der Waals surface area contributed by atoms with Crippen LogP contribution in [0.3, 0.4) is 0 Å². The highest BCUT2D eigenvalue weighted by atomic mass is 16.4. The zero-order chi connectivity index (χ0) is 13.0. The first-order valence-electron chi connectivity index (χ1n) is 5.10. The minimum Gasteiger partial charge on any atom is -0.481 e. The molecule has 94 valence electrons. The summed E-state index contributed by atoms with van der Waals surface area (Å²) in [4.78, 5) is 22.9. The summed E-state index contributed by atoms with van der Waals surface area (Å²) in [6.45, 7) is 2.05. The summed E-state index contributed by atoms with van der Waals surface area (Å²) in [5, 5.41) is 17.6. The molecule has 0 saturated heterocycles. The topological polar surface area (TPSA) is 91.0 Å². The second-order valence-corrected chi connectivity index (χ2v) is 3.88. The Morgan fingerprint density at radius 2 is 2.06 bits per heavy atom. The highest BCUT2D eigenvalue weighted by molar-refractivity contribution is 5.80. The Morgan fingerprint density at radius 1 is 1.41 bits per heavy atom. The van der Waals surface area contributed by atoms with Crippen LogP contribution in [-0.4, -0.2) is 40.1 Å². The maximum Gasteiger partial charge on any atom is 0.321 e. The van der Waals surface area contributed by atoms with Crippen LogP contribution in [0.4, 0.5) is 0 Å². The summed E-state index contributed by atoms with van der Waals surface area (Å²) in [6, 6.07) is 2.46. The van der Waals surface area contributed by atoms with E-state index in [2.05, 4.69) is 0 Å². The molecule has 1 unspecified atom stereocenters. The smallest absolute Gasteiger partial charge is 0.321 e. The van der Waals surface area contributed by atoms with Crippen molar-refractivity contribution in [3.8, 4) is 0 Å². The Balaban J connectivity index is 2.68. The van der Waals surface area contributed by atoms with E-state index in [1.54, 1.807) is 26.1 Å². The highest BCUT2D eigenvalue weighted by Gasteiger charge is 2.26. The quantitative estimate of drug-likeness (QED) is 0.770. The van der Waals surface area contributed by atoms with E-state index in [0.29, 0.717) is 5.76 Å². The number of likely N-dealkylation sites (N-methyl/N-ethyl adjacent to an activating group) is 1. The van der Waals surface area contributed by atoms with Gasteiger partial charge in [0, 0.05) is 0 Å². The van der Waals surface area contributed by atoms with Gasteiger partial charge < -0.3 is 14.6 Å². The Hall–Kier alpha value is -1.82. The molecular formula is C11H15NO5. The van der Waals surface area contributed by atoms with Crippen molar-refractivity contribution in [2.45, 2.75) is 25.9 Å². The maximum atomic E-state index is 10.9. The van der Waals surface area contributed by atoms with Gasteiger partial charge in [-0.1, -0.05) is 0 Å². The molecule has 0 saturated carbocycles. The lowest BCUT2D eigenvalue weighted by Crippen LogP contribution is -2.39. The molecular weight excluding hydrogens is 226 g/mol. The van der Waals surface area contributed by atoms with Gasteiger partial charge in [0.2, 0.25) is 0 Å². The second kappa shape index (κ2) is 5.49. The van der Waals surface area contributed by atoms with Crippen molar-refractivity contribution in [2.75, 3.05) is 7.05 Å². The van der Waals surface area contributed by atoms with Crippen LogP contribution in [0.2, 0.25) is 0 Å². The zero-order valence-electron chi connectivity index (χ0n) is 9.71. The summed E-state index contributed by atoms with van der Waals surface area (Å²) in [7, 11) is 1.56. The SMILES string of the molecule is Cc1ccc(CN(C)C(CC(=O)O)C(=O)O)o1. The first kappa shape index (κ1) is 13.2. The number of hydrogen-bond donors (Lipinski definition) is 2. The summed E-state index contributed by atoms with van der Waals surface area (Å²) in [5.74, 6) is -0.946. The van der Waals surface area contributed by atoms with Crippen LogP contribution in [0, 0.1) is 6.92 Å². The van der Waals surface area contributed by atoms with Crippen LogP contribution < -0.4 is 0 Å². The number of aliphatic carboxylic acids is 2. The van der Waals surface area contributed by atoms with Crippen LogP contribution in [0.25, 0.3) is 0 Å². The molecule has 2 N–H and O–H groups in total. The van der Waals surface area contributed by atoms with Crippen LogP contribution in [0.15, 0.2) is 16.5 Å². The Bertz CT molecular complexity index is 412. The van der Waals surface area contributed by atoms with E-state index in [1.165, 1.54) is 4.90 Å². The zero-order valence-corrected chi connectivity index (χ0v) is 9.71. The van der Waals surface area contributed by atoms with E-state index < -0.39 is 24.4 Å². The van der Waals surface area contributed by atoms with Crippen molar-refractivity contribution in [1.82, 2.24) is 4.90 Å². The molecule has 0 aliphatic rings. The van der Waals surface area contributed by atoms with Gasteiger partial charge in [0.1, 0.15) is 17.6 Å². The number of nitrogens with zero attached hydrogens (tertiary/aromatic N) is 1. The monoisotopic (exact) mass is 241 g/mol. The molecule has 0 bridgehead atoms. The number of rotatable bonds is 6. The standard InChI is InChI=1S/C11H15NO5/c1-7-3-4-8(17-7)6-12(2)9(11(15)16)5-10(13)14/h3-4,9H,5-6H2,1-2H3,(H,13,14)(H,15,16). The molecule has 0 fully saturated rings. The van der Waals surface area contributed by atoms with Crippen molar-refractivity contribution in [3.05, 3.63) is 23.7 Å². The molecule has 0 aliphatic carbocycles. The van der Waals surface area contributed by atoms with Gasteiger partial charge in [-0.3, -0.25) is 14.5 Å². The minimum atomic E-state index is -1.15. The lowest BCUT2D eigenvalue weighted by molar-refractivity contribution is -0.149. The van der Waals surface area contributed by atoms with E-state index in [0.717, 1.165) is 5.76 Å². The largest absolute Gasteiger partial charge is 0.481 e. The van der Waals surface area contributed by atoms with E-state index in [-0.39, 0.29) is 6.54 Å². The molecule has 0 aromatic carbocycles. The van der Waals surface area contributed by atoms with Gasteiger partial charge in [-0.25, -0.2) is 0 Å². The molecule has 1 aromatic heterocycles. The summed E-state index contributed by atoms with van der Waals surface area (Å²) < 4.78 is 5.31. The maximum absolute atomic E-state index is 10.9. The number of carbonyl (C=O) groups is 2. The lowest BCUT2D eigenvalue weighted by atomic mass is 10.2. The molecule has 1 heterocycles. The first-order chi connectivity index (χ1) is 7.90. The predicted octanol–water partition coefficient (Wildman–Crippen LogP) is 0.948. The van der Waals surface area contributed by atoms with E-state index in [1.807, 2.05) is 0 Å². The number of aryl methyl sites for hydroxylation is 1. The molecule has 1 aromatic rings. The highest BCUT2D eigenvalue weighted by Crippen LogP contribution is 2.12. The predicted molar refractivity (Wildman–Crippen MR) is 58.6 cm³/mol. The fraction of sp³-hybridized carbons (Fsp3) is 0.455. The van der Waals surface area contributed by atoms with Gasteiger partial charge in [0.15, 0.2) is 0 Å². The molecule has 6 heteroatoms. The molecule has 6 nitrogen and oxygen atoms in total. The van der Waals surface area contributed by atoms with Crippen LogP contribution >= 0.6 is 0 Å². The molecule has 17 heavy (non-hydrogen) atoms. The van der Waals surface area contributed by atoms with Gasteiger partial charge in [-0.2, -0.15) is 0 Å². The molecule has 0 spiro atoms. The molecule has 0 aliphatic heterocycles. The van der Waals surface area contributed by atoms with Gasteiger partial charge in [-0.15, -0.1) is 0 Å². The van der Waals surface area contributed by atoms with Crippen LogP contribution in [0.1, 0.15) is 17.9 Å². The average Bonchev–Trinajstić information content (AvgIpc) is 2.59. The summed E-state index contributed by atoms with van der Waals surface area (Å²) in [6.07, 6.45) is -0.439. The minimum absolute atomic E-state index is 0.262. The van der Waals surface area contributed by atoms with Crippen LogP contribution in [-0.2, 0) is 16.1 Å². The van der Waals surface area contributed by atoms with E-state index in [9.17, 15) is 9.59 Å². The molecule has 0 amide bonds. The fourth-order valence-corrected chi connectivity index (χ4v) is 1.52. The lowest BCUT2D eigenvalue weighted by Gasteiger charge is -2.22. The van der Waals surface area contributed by atoms with Gasteiger partial charge in [0.25, 0.3) is 0 Å². The number of furan rings is 1. The van der Waals surface area contributed by atoms with Gasteiger partial charge in [0.05, 0.1) is 13.0 Å². The fourth-order valence-electron chi connectivity index (χ4n) is 1.52. The third kappa shape index (κ3) is 3.92. The Labute approximate surface area is 98.5 Å². The van der Waals surface area contributed by atoms with Crippen molar-refractivity contribution < 1.29 is 24.2 Å². The first-order valence-corrected chi connectivity index (χ1v) is 5.10. The number of hydrogen-bond acceptors (Lipinski definition) is 4. The van der Waals surface area contributed by atoms with Crippen LogP contribution in [0.5, 0.6) is 0 Å². The summed E-state index contributed by atoms with van der Waals surface area (Å²) in [5.41, 5.74) is 0. The number of carboxylic acid groups (broad SMARTS) is 2. The Morgan fingerprint density at radius 3 is 2.47 bits per heavy atom. The van der Waals surface area contributed by atoms with Gasteiger partial charge in [-0.05, 0) is 26.1 Å². The second-order valence-electron chi connectivity index (χ2n) is 3.88. The van der Waals surface area contributed by atoms with E-state index in [4.69, 9.17) is 14.6 Å². The number of carboxylic acids is 2. The van der Waals surface area contributed by atoms with E-state index >= 15 is 0 Å². The van der Waals surface area contributed by atoms with Crippen molar-refractivity contribution in [1.29, 1.82) is 0 Å². The Kier molecular flexibility index (Phi) is 4.28. The summed E-state index contributed by atoms with van der Waals surface area (Å²) >= 11 is 0. The van der Waals surface area contributed by atoms with Gasteiger partial charge >= 0.3 is 11.9 Å².